The molecule has 0 amide bonds. The number of hydrogen-bond acceptors (Lipinski definition) is 4. The first-order valence-electron chi connectivity index (χ1n) is 8.04. The van der Waals surface area contributed by atoms with Gasteiger partial charge in [-0.1, -0.05) is 0 Å². The number of benzene rings is 1. The summed E-state index contributed by atoms with van der Waals surface area (Å²) >= 11 is 0. The van der Waals surface area contributed by atoms with E-state index in [-0.39, 0.29) is 24.0 Å². The molecule has 1 aliphatic rings. The SMILES string of the molecule is CN=C(NCCc1cc(OC)ccc1OC)NCC1CCCO1.I. The molecule has 2 rings (SSSR count). The van der Waals surface area contributed by atoms with Gasteiger partial charge in [0.05, 0.1) is 20.3 Å². The van der Waals surface area contributed by atoms with Crippen molar-refractivity contribution >= 4 is 29.9 Å². The Morgan fingerprint density at radius 1 is 1.29 bits per heavy atom. The van der Waals surface area contributed by atoms with E-state index < -0.39 is 0 Å². The van der Waals surface area contributed by atoms with E-state index in [1.165, 1.54) is 0 Å². The lowest BCUT2D eigenvalue weighted by atomic mass is 10.1. The van der Waals surface area contributed by atoms with Crippen molar-refractivity contribution in [3.05, 3.63) is 23.8 Å². The maximum Gasteiger partial charge on any atom is 0.191 e. The first kappa shape index (κ1) is 20.8. The van der Waals surface area contributed by atoms with Crippen LogP contribution in [-0.4, -0.2) is 53.0 Å². The molecule has 0 spiro atoms. The molecule has 1 heterocycles. The van der Waals surface area contributed by atoms with Crippen LogP contribution < -0.4 is 20.1 Å². The van der Waals surface area contributed by atoms with Gasteiger partial charge in [-0.05, 0) is 43.0 Å². The van der Waals surface area contributed by atoms with Crippen LogP contribution in [0.2, 0.25) is 0 Å². The van der Waals surface area contributed by atoms with Crippen LogP contribution >= 0.6 is 24.0 Å². The van der Waals surface area contributed by atoms with Crippen molar-refractivity contribution in [2.45, 2.75) is 25.4 Å². The van der Waals surface area contributed by atoms with Gasteiger partial charge in [0, 0.05) is 26.7 Å². The Hall–Kier alpha value is -1.22. The van der Waals surface area contributed by atoms with E-state index in [0.29, 0.717) is 6.10 Å². The maximum absolute atomic E-state index is 5.60. The van der Waals surface area contributed by atoms with Crippen molar-refractivity contribution in [1.82, 2.24) is 10.6 Å². The fraction of sp³-hybridized carbons (Fsp3) is 0.588. The molecule has 136 valence electrons. The Morgan fingerprint density at radius 2 is 2.12 bits per heavy atom. The highest BCUT2D eigenvalue weighted by Gasteiger charge is 2.15. The fourth-order valence-electron chi connectivity index (χ4n) is 2.63. The first-order chi connectivity index (χ1) is 11.3. The summed E-state index contributed by atoms with van der Waals surface area (Å²) in [6.07, 6.45) is 3.38. The lowest BCUT2D eigenvalue weighted by Gasteiger charge is -2.16. The van der Waals surface area contributed by atoms with Gasteiger partial charge in [0.15, 0.2) is 5.96 Å². The molecule has 7 heteroatoms. The van der Waals surface area contributed by atoms with E-state index >= 15 is 0 Å². The third-order valence-corrected chi connectivity index (χ3v) is 3.92. The Morgan fingerprint density at radius 3 is 2.75 bits per heavy atom. The highest BCUT2D eigenvalue weighted by Crippen LogP contribution is 2.24. The fourth-order valence-corrected chi connectivity index (χ4v) is 2.63. The predicted octanol–water partition coefficient (Wildman–Crippen LogP) is 2.21. The molecule has 1 saturated heterocycles. The number of rotatable bonds is 7. The van der Waals surface area contributed by atoms with E-state index in [0.717, 1.165) is 62.0 Å². The number of nitrogens with one attached hydrogen (secondary N) is 2. The molecule has 1 fully saturated rings. The molecule has 1 atom stereocenters. The van der Waals surface area contributed by atoms with Gasteiger partial charge >= 0.3 is 0 Å². The minimum absolute atomic E-state index is 0. The summed E-state index contributed by atoms with van der Waals surface area (Å²) in [6.45, 7) is 2.42. The molecule has 1 aromatic carbocycles. The van der Waals surface area contributed by atoms with Crippen LogP contribution in [0, 0.1) is 0 Å². The zero-order valence-electron chi connectivity index (χ0n) is 14.6. The lowest BCUT2D eigenvalue weighted by molar-refractivity contribution is 0.114. The van der Waals surface area contributed by atoms with Gasteiger partial charge < -0.3 is 24.8 Å². The van der Waals surface area contributed by atoms with Crippen LogP contribution in [-0.2, 0) is 11.2 Å². The number of halogens is 1. The number of methoxy groups -OCH3 is 2. The van der Waals surface area contributed by atoms with Crippen molar-refractivity contribution in [2.24, 2.45) is 4.99 Å². The highest BCUT2D eigenvalue weighted by molar-refractivity contribution is 14.0. The van der Waals surface area contributed by atoms with Gasteiger partial charge in [-0.25, -0.2) is 0 Å². The number of hydrogen-bond donors (Lipinski definition) is 2. The van der Waals surface area contributed by atoms with Crippen molar-refractivity contribution in [2.75, 3.05) is 41.0 Å². The predicted molar refractivity (Wildman–Crippen MR) is 107 cm³/mol. The van der Waals surface area contributed by atoms with Crippen LogP contribution in [0.15, 0.2) is 23.2 Å². The smallest absolute Gasteiger partial charge is 0.191 e. The van der Waals surface area contributed by atoms with Crippen LogP contribution in [0.4, 0.5) is 0 Å². The second kappa shape index (κ2) is 11.4. The molecule has 0 aliphatic carbocycles. The third kappa shape index (κ3) is 6.35. The quantitative estimate of drug-likeness (QED) is 0.380. The number of nitrogens with zero attached hydrogens (tertiary/aromatic N) is 1. The topological polar surface area (TPSA) is 64.1 Å². The molecule has 0 bridgehead atoms. The number of guanidine groups is 1. The summed E-state index contributed by atoms with van der Waals surface area (Å²) in [5.74, 6) is 2.50. The van der Waals surface area contributed by atoms with E-state index in [1.807, 2.05) is 18.2 Å². The summed E-state index contributed by atoms with van der Waals surface area (Å²) in [5, 5.41) is 6.62. The molecule has 0 saturated carbocycles. The summed E-state index contributed by atoms with van der Waals surface area (Å²) in [4.78, 5) is 4.24. The minimum atomic E-state index is 0. The Bertz CT molecular complexity index is 520. The summed E-state index contributed by atoms with van der Waals surface area (Å²) < 4.78 is 16.3. The second-order valence-electron chi connectivity index (χ2n) is 5.44. The zero-order chi connectivity index (χ0) is 16.5. The summed E-state index contributed by atoms with van der Waals surface area (Å²) in [5.41, 5.74) is 1.11. The molecular weight excluding hydrogens is 421 g/mol. The Balaban J connectivity index is 0.00000288. The van der Waals surface area contributed by atoms with Gasteiger partial charge in [0.25, 0.3) is 0 Å². The molecule has 1 aromatic rings. The van der Waals surface area contributed by atoms with E-state index in [2.05, 4.69) is 15.6 Å². The van der Waals surface area contributed by atoms with Crippen molar-refractivity contribution < 1.29 is 14.2 Å². The van der Waals surface area contributed by atoms with E-state index in [1.54, 1.807) is 21.3 Å². The van der Waals surface area contributed by atoms with Crippen LogP contribution in [0.25, 0.3) is 0 Å². The van der Waals surface area contributed by atoms with Crippen LogP contribution in [0.3, 0.4) is 0 Å². The maximum atomic E-state index is 5.60. The molecule has 0 aromatic heterocycles. The molecule has 1 unspecified atom stereocenters. The zero-order valence-corrected chi connectivity index (χ0v) is 17.0. The van der Waals surface area contributed by atoms with Crippen LogP contribution in [0.5, 0.6) is 11.5 Å². The third-order valence-electron chi connectivity index (χ3n) is 3.92. The summed E-state index contributed by atoms with van der Waals surface area (Å²) in [6, 6.07) is 5.83. The van der Waals surface area contributed by atoms with Gasteiger partial charge in [-0.2, -0.15) is 0 Å². The van der Waals surface area contributed by atoms with Gasteiger partial charge in [-0.3, -0.25) is 4.99 Å². The first-order valence-corrected chi connectivity index (χ1v) is 8.04. The standard InChI is InChI=1S/C17H27N3O3.HI/c1-18-17(20-12-15-5-4-10-23-15)19-9-8-13-11-14(21-2)6-7-16(13)22-3;/h6-7,11,15H,4-5,8-10,12H2,1-3H3,(H2,18,19,20);1H. The molecule has 1 aliphatic heterocycles. The molecule has 6 nitrogen and oxygen atoms in total. The van der Waals surface area contributed by atoms with Crippen molar-refractivity contribution in [3.63, 3.8) is 0 Å². The Kier molecular flexibility index (Phi) is 9.85. The number of aliphatic imine (C=N–C) groups is 1. The largest absolute Gasteiger partial charge is 0.497 e. The minimum Gasteiger partial charge on any atom is -0.497 e. The monoisotopic (exact) mass is 449 g/mol. The average molecular weight is 449 g/mol. The average Bonchev–Trinajstić information content (AvgIpc) is 3.11. The van der Waals surface area contributed by atoms with Crippen LogP contribution in [0.1, 0.15) is 18.4 Å². The lowest BCUT2D eigenvalue weighted by Crippen LogP contribution is -2.41. The van der Waals surface area contributed by atoms with E-state index in [4.69, 9.17) is 14.2 Å². The van der Waals surface area contributed by atoms with Crippen molar-refractivity contribution in [3.8, 4) is 11.5 Å². The molecule has 0 radical (unpaired) electrons. The highest BCUT2D eigenvalue weighted by atomic mass is 127. The van der Waals surface area contributed by atoms with Crippen molar-refractivity contribution in [1.29, 1.82) is 0 Å². The van der Waals surface area contributed by atoms with E-state index in [9.17, 15) is 0 Å². The van der Waals surface area contributed by atoms with Gasteiger partial charge in [0.2, 0.25) is 0 Å². The second-order valence-corrected chi connectivity index (χ2v) is 5.44. The summed E-state index contributed by atoms with van der Waals surface area (Å²) in [7, 11) is 5.12. The van der Waals surface area contributed by atoms with Gasteiger partial charge in [-0.15, -0.1) is 24.0 Å². The number of ether oxygens (including phenoxy) is 3. The van der Waals surface area contributed by atoms with Gasteiger partial charge in [0.1, 0.15) is 11.5 Å². The molecule has 2 N–H and O–H groups in total. The Labute approximate surface area is 161 Å². The molecule has 24 heavy (non-hydrogen) atoms. The normalized spacial score (nSPS) is 17.1. The molecular formula is C17H28IN3O3.